The van der Waals surface area contributed by atoms with Gasteiger partial charge in [0.1, 0.15) is 12.4 Å². The number of carbonyl (C=O) groups is 1. The minimum atomic E-state index is -0.217. The van der Waals surface area contributed by atoms with Crippen LogP contribution in [0.4, 0.5) is 0 Å². The summed E-state index contributed by atoms with van der Waals surface area (Å²) in [6.45, 7) is 7.47. The largest absolute Gasteiger partial charge is 0.507 e. The van der Waals surface area contributed by atoms with Gasteiger partial charge < -0.3 is 14.7 Å². The Morgan fingerprint density at radius 1 is 1.13 bits per heavy atom. The Labute approximate surface area is 183 Å². The molecule has 0 spiro atoms. The molecule has 0 radical (unpaired) electrons. The smallest absolute Gasteiger partial charge is 0.275 e. The molecule has 6 nitrogen and oxygen atoms in total. The van der Waals surface area contributed by atoms with E-state index in [1.165, 1.54) is 11.1 Å². The Bertz CT molecular complexity index is 985. The number of piperazine rings is 1. The van der Waals surface area contributed by atoms with Gasteiger partial charge in [0.2, 0.25) is 0 Å². The first-order chi connectivity index (χ1) is 15.0. The average molecular weight is 420 g/mol. The number of likely N-dealkylation sites (N-methyl/N-ethyl adjacent to an activating group) is 1. The molecule has 2 heterocycles. The van der Waals surface area contributed by atoms with E-state index >= 15 is 0 Å². The van der Waals surface area contributed by atoms with Gasteiger partial charge in [0.25, 0.3) is 5.91 Å². The molecule has 162 valence electrons. The van der Waals surface area contributed by atoms with Gasteiger partial charge in [-0.25, -0.2) is 0 Å². The van der Waals surface area contributed by atoms with Gasteiger partial charge in [-0.15, -0.1) is 0 Å². The van der Waals surface area contributed by atoms with Crippen LogP contribution in [0.15, 0.2) is 65.1 Å². The highest BCUT2D eigenvalue weighted by Crippen LogP contribution is 2.37. The summed E-state index contributed by atoms with van der Waals surface area (Å²) in [7, 11) is 0. The van der Waals surface area contributed by atoms with Gasteiger partial charge in [0.05, 0.1) is 18.9 Å². The molecule has 2 aliphatic rings. The van der Waals surface area contributed by atoms with Crippen LogP contribution in [0.25, 0.3) is 0 Å². The number of aliphatic hydroxyl groups excluding tert-OH is 1. The van der Waals surface area contributed by atoms with E-state index in [-0.39, 0.29) is 42.5 Å². The third-order valence-corrected chi connectivity index (χ3v) is 5.92. The predicted octanol–water partition coefficient (Wildman–Crippen LogP) is 3.75. The van der Waals surface area contributed by atoms with Crippen molar-refractivity contribution in [3.8, 4) is 0 Å². The molecule has 6 heteroatoms. The maximum Gasteiger partial charge on any atom is 0.275 e. The van der Waals surface area contributed by atoms with Crippen molar-refractivity contribution in [3.05, 3.63) is 82.2 Å². The Morgan fingerprint density at radius 3 is 2.35 bits per heavy atom. The SMILES string of the molecule is CCN1CC(C(c2cccc(C)c2)c2cccc(C)c2)N2/N=C\COC/C(O)=C\2C1=O. The highest BCUT2D eigenvalue weighted by atomic mass is 16.5. The van der Waals surface area contributed by atoms with E-state index in [0.717, 1.165) is 11.1 Å². The fourth-order valence-corrected chi connectivity index (χ4v) is 4.48. The maximum absolute atomic E-state index is 13.2. The Balaban J connectivity index is 1.90. The molecule has 0 aliphatic carbocycles. The highest BCUT2D eigenvalue weighted by Gasteiger charge is 2.43. The van der Waals surface area contributed by atoms with Crippen LogP contribution >= 0.6 is 0 Å². The second-order valence-corrected chi connectivity index (χ2v) is 8.17. The zero-order valence-electron chi connectivity index (χ0n) is 18.3. The van der Waals surface area contributed by atoms with Crippen LogP contribution < -0.4 is 0 Å². The monoisotopic (exact) mass is 419 g/mol. The molecule has 2 aliphatic heterocycles. The topological polar surface area (TPSA) is 65.4 Å². The third kappa shape index (κ3) is 4.21. The van der Waals surface area contributed by atoms with Crippen molar-refractivity contribution < 1.29 is 14.6 Å². The Kier molecular flexibility index (Phi) is 6.09. The standard InChI is InChI=1S/C25H29N3O3/c1-4-27-15-21(28-24(25(27)30)22(29)16-31-12-11-26-28)23(19-9-5-7-17(2)13-19)20-10-6-8-18(3)14-20/h5-11,13-14,21,23,29H,4,12,15-16H2,1-3H3/b24-22+,26-11-. The fourth-order valence-electron chi connectivity index (χ4n) is 4.48. The lowest BCUT2D eigenvalue weighted by molar-refractivity contribution is -0.134. The van der Waals surface area contributed by atoms with Gasteiger partial charge in [-0.05, 0) is 31.9 Å². The zero-order valence-corrected chi connectivity index (χ0v) is 18.3. The molecular weight excluding hydrogens is 390 g/mol. The molecule has 0 aromatic heterocycles. The number of rotatable bonds is 4. The number of fused-ring (bicyclic) bond motifs is 1. The van der Waals surface area contributed by atoms with E-state index < -0.39 is 0 Å². The van der Waals surface area contributed by atoms with Crippen molar-refractivity contribution in [1.82, 2.24) is 9.91 Å². The number of hydrogen-bond acceptors (Lipinski definition) is 5. The van der Waals surface area contributed by atoms with E-state index in [0.29, 0.717) is 13.1 Å². The number of hydrogen-bond donors (Lipinski definition) is 1. The second-order valence-electron chi connectivity index (χ2n) is 8.17. The lowest BCUT2D eigenvalue weighted by Gasteiger charge is -2.44. The van der Waals surface area contributed by atoms with E-state index in [9.17, 15) is 9.90 Å². The van der Waals surface area contributed by atoms with E-state index in [4.69, 9.17) is 4.74 Å². The van der Waals surface area contributed by atoms with Crippen molar-refractivity contribution in [2.45, 2.75) is 32.7 Å². The summed E-state index contributed by atoms with van der Waals surface area (Å²) >= 11 is 0. The van der Waals surface area contributed by atoms with Gasteiger partial charge in [-0.2, -0.15) is 5.10 Å². The van der Waals surface area contributed by atoms with Gasteiger partial charge in [0.15, 0.2) is 5.70 Å². The molecule has 1 fully saturated rings. The Hall–Kier alpha value is -3.12. The highest BCUT2D eigenvalue weighted by molar-refractivity contribution is 5.94. The van der Waals surface area contributed by atoms with Crippen molar-refractivity contribution >= 4 is 12.1 Å². The summed E-state index contributed by atoms with van der Waals surface area (Å²) in [5.41, 5.74) is 4.89. The molecule has 0 saturated carbocycles. The third-order valence-electron chi connectivity index (χ3n) is 5.92. The first kappa shape index (κ1) is 21.1. The molecule has 31 heavy (non-hydrogen) atoms. The summed E-state index contributed by atoms with van der Waals surface area (Å²) in [4.78, 5) is 14.9. The summed E-state index contributed by atoms with van der Waals surface area (Å²) in [6, 6.07) is 16.8. The van der Waals surface area contributed by atoms with Crippen LogP contribution in [0.2, 0.25) is 0 Å². The number of aryl methyl sites for hydroxylation is 2. The van der Waals surface area contributed by atoms with Crippen LogP contribution in [0.5, 0.6) is 0 Å². The number of benzene rings is 2. The van der Waals surface area contributed by atoms with Gasteiger partial charge >= 0.3 is 0 Å². The zero-order chi connectivity index (χ0) is 22.0. The first-order valence-electron chi connectivity index (χ1n) is 10.7. The number of carbonyl (C=O) groups excluding carboxylic acids is 1. The quantitative estimate of drug-likeness (QED) is 0.820. The summed E-state index contributed by atoms with van der Waals surface area (Å²) < 4.78 is 5.39. The molecule has 4 rings (SSSR count). The molecule has 1 saturated heterocycles. The number of hydrazone groups is 1. The summed E-state index contributed by atoms with van der Waals surface area (Å²) in [5.74, 6) is -0.328. The minimum Gasteiger partial charge on any atom is -0.507 e. The molecule has 0 bridgehead atoms. The summed E-state index contributed by atoms with van der Waals surface area (Å²) in [6.07, 6.45) is 1.66. The van der Waals surface area contributed by atoms with Crippen LogP contribution in [0.3, 0.4) is 0 Å². The molecule has 1 atom stereocenters. The van der Waals surface area contributed by atoms with Gasteiger partial charge in [-0.1, -0.05) is 59.7 Å². The molecule has 1 N–H and O–H groups in total. The first-order valence-corrected chi connectivity index (χ1v) is 10.7. The van der Waals surface area contributed by atoms with E-state index in [1.54, 1.807) is 16.1 Å². The molecule has 2 aromatic rings. The van der Waals surface area contributed by atoms with Crippen molar-refractivity contribution in [2.75, 3.05) is 26.3 Å². The van der Waals surface area contributed by atoms with Crippen LogP contribution in [-0.2, 0) is 9.53 Å². The lowest BCUT2D eigenvalue weighted by atomic mass is 9.82. The number of aliphatic hydroxyl groups is 1. The maximum atomic E-state index is 13.2. The second kappa shape index (κ2) is 8.94. The fraction of sp³-hybridized carbons (Fsp3) is 0.360. The normalized spacial score (nSPS) is 22.8. The van der Waals surface area contributed by atoms with Crippen LogP contribution in [0, 0.1) is 13.8 Å². The number of nitrogens with zero attached hydrogens (tertiary/aromatic N) is 3. The van der Waals surface area contributed by atoms with Crippen molar-refractivity contribution in [3.63, 3.8) is 0 Å². The van der Waals surface area contributed by atoms with Crippen LogP contribution in [-0.4, -0.2) is 59.5 Å². The average Bonchev–Trinajstić information content (AvgIpc) is 2.73. The molecule has 2 aromatic carbocycles. The van der Waals surface area contributed by atoms with E-state index in [1.807, 2.05) is 6.92 Å². The number of ether oxygens (including phenoxy) is 1. The number of amides is 1. The van der Waals surface area contributed by atoms with Gasteiger partial charge in [-0.3, -0.25) is 9.80 Å². The molecule has 1 unspecified atom stereocenters. The minimum absolute atomic E-state index is 0.00652. The molecular formula is C25H29N3O3. The predicted molar refractivity (Wildman–Crippen MR) is 121 cm³/mol. The van der Waals surface area contributed by atoms with Gasteiger partial charge in [0, 0.05) is 19.0 Å². The Morgan fingerprint density at radius 2 is 1.77 bits per heavy atom. The van der Waals surface area contributed by atoms with Crippen LogP contribution in [0.1, 0.15) is 35.1 Å². The van der Waals surface area contributed by atoms with Crippen molar-refractivity contribution in [1.29, 1.82) is 0 Å². The molecule has 1 amide bonds. The summed E-state index contributed by atoms with van der Waals surface area (Å²) in [5, 5.41) is 17.0. The van der Waals surface area contributed by atoms with Crippen molar-refractivity contribution in [2.24, 2.45) is 5.10 Å². The lowest BCUT2D eigenvalue weighted by Crippen LogP contribution is -2.55. The van der Waals surface area contributed by atoms with E-state index in [2.05, 4.69) is 67.5 Å².